The molecular formula is C20H36IN9O. The molecule has 2 aromatic heterocycles. The average Bonchev–Trinajstić information content (AvgIpc) is 3.13. The van der Waals surface area contributed by atoms with E-state index in [-0.39, 0.29) is 24.0 Å². The molecule has 1 unspecified atom stereocenters. The molecule has 3 heterocycles. The van der Waals surface area contributed by atoms with Crippen molar-refractivity contribution in [2.75, 3.05) is 57.8 Å². The molecule has 1 saturated heterocycles. The van der Waals surface area contributed by atoms with Crippen LogP contribution in [0.1, 0.15) is 20.8 Å². The molecule has 0 aliphatic carbocycles. The fourth-order valence-electron chi connectivity index (χ4n) is 3.65. The number of rotatable bonds is 9. The lowest BCUT2D eigenvalue weighted by molar-refractivity contribution is 0.00867. The van der Waals surface area contributed by atoms with Gasteiger partial charge >= 0.3 is 0 Å². The molecule has 0 radical (unpaired) electrons. The van der Waals surface area contributed by atoms with E-state index in [1.54, 1.807) is 17.2 Å². The quantitative estimate of drug-likeness (QED) is 0.188. The van der Waals surface area contributed by atoms with Crippen LogP contribution in [0.2, 0.25) is 0 Å². The predicted octanol–water partition coefficient (Wildman–Crippen LogP) is 1.31. The third kappa shape index (κ3) is 7.14. The van der Waals surface area contributed by atoms with E-state index in [1.807, 2.05) is 7.05 Å². The van der Waals surface area contributed by atoms with E-state index in [0.29, 0.717) is 18.5 Å². The van der Waals surface area contributed by atoms with Crippen molar-refractivity contribution in [3.63, 3.8) is 0 Å². The molecule has 11 heteroatoms. The molecule has 3 rings (SSSR count). The van der Waals surface area contributed by atoms with Gasteiger partial charge in [-0.15, -0.1) is 24.0 Å². The second kappa shape index (κ2) is 13.0. The van der Waals surface area contributed by atoms with Gasteiger partial charge in [-0.1, -0.05) is 13.8 Å². The highest BCUT2D eigenvalue weighted by Gasteiger charge is 2.23. The monoisotopic (exact) mass is 545 g/mol. The van der Waals surface area contributed by atoms with Gasteiger partial charge in [0, 0.05) is 45.8 Å². The lowest BCUT2D eigenvalue weighted by atomic mass is 10.0. The molecule has 0 spiro atoms. The minimum absolute atomic E-state index is 0. The molecule has 3 N–H and O–H groups in total. The van der Waals surface area contributed by atoms with Crippen molar-refractivity contribution < 1.29 is 4.74 Å². The summed E-state index contributed by atoms with van der Waals surface area (Å²) >= 11 is 0. The molecule has 10 nitrogen and oxygen atoms in total. The van der Waals surface area contributed by atoms with Gasteiger partial charge in [0.2, 0.25) is 0 Å². The highest BCUT2D eigenvalue weighted by atomic mass is 127. The van der Waals surface area contributed by atoms with Gasteiger partial charge in [0.25, 0.3) is 0 Å². The number of hydrogen-bond donors (Lipinski definition) is 3. The Morgan fingerprint density at radius 2 is 1.97 bits per heavy atom. The number of ether oxygens (including phenoxy) is 1. The second-order valence-corrected chi connectivity index (χ2v) is 7.76. The van der Waals surface area contributed by atoms with Crippen LogP contribution in [0.25, 0.3) is 11.0 Å². The van der Waals surface area contributed by atoms with Gasteiger partial charge in [0.1, 0.15) is 12.1 Å². The molecule has 0 aromatic carbocycles. The number of hydrogen-bond acceptors (Lipinski definition) is 7. The standard InChI is InChI=1S/C20H35N9O.HI/c1-5-21-20(24-13-17(15(2)3)29-8-10-30-11-9-29)23-7-6-22-18-16-12-27-28(4)19(16)26-14-25-18;/h12,14-15,17H,5-11,13H2,1-4H3,(H2,21,23,24)(H,22,25,26);1H. The maximum absolute atomic E-state index is 5.50. The Balaban J connectivity index is 0.00000341. The first-order valence-corrected chi connectivity index (χ1v) is 10.8. The van der Waals surface area contributed by atoms with Crippen LogP contribution >= 0.6 is 24.0 Å². The zero-order chi connectivity index (χ0) is 21.3. The van der Waals surface area contributed by atoms with Crippen molar-refractivity contribution >= 4 is 46.8 Å². The van der Waals surface area contributed by atoms with E-state index in [1.165, 1.54) is 0 Å². The number of nitrogens with zero attached hydrogens (tertiary/aromatic N) is 6. The zero-order valence-corrected chi connectivity index (χ0v) is 21.3. The van der Waals surface area contributed by atoms with E-state index >= 15 is 0 Å². The summed E-state index contributed by atoms with van der Waals surface area (Å²) in [6.45, 7) is 13.2. The van der Waals surface area contributed by atoms with Crippen molar-refractivity contribution in [3.8, 4) is 0 Å². The number of aromatic nitrogens is 4. The van der Waals surface area contributed by atoms with Crippen molar-refractivity contribution in [3.05, 3.63) is 12.5 Å². The predicted molar refractivity (Wildman–Crippen MR) is 135 cm³/mol. The number of halogens is 1. The molecule has 2 aromatic rings. The smallest absolute Gasteiger partial charge is 0.191 e. The summed E-state index contributed by atoms with van der Waals surface area (Å²) < 4.78 is 7.25. The molecule has 1 aliphatic rings. The molecule has 1 fully saturated rings. The molecule has 1 aliphatic heterocycles. The van der Waals surface area contributed by atoms with Crippen LogP contribution in [-0.4, -0.2) is 89.1 Å². The van der Waals surface area contributed by atoms with E-state index in [0.717, 1.165) is 68.7 Å². The summed E-state index contributed by atoms with van der Waals surface area (Å²) in [4.78, 5) is 16.0. The summed E-state index contributed by atoms with van der Waals surface area (Å²) in [5.74, 6) is 2.17. The Hall–Kier alpha value is -1.73. The number of fused-ring (bicyclic) bond motifs is 1. The highest BCUT2D eigenvalue weighted by Crippen LogP contribution is 2.17. The maximum atomic E-state index is 5.50. The van der Waals surface area contributed by atoms with Crippen LogP contribution in [0.5, 0.6) is 0 Å². The lowest BCUT2D eigenvalue weighted by Crippen LogP contribution is -2.48. The van der Waals surface area contributed by atoms with Crippen molar-refractivity contribution in [2.45, 2.75) is 26.8 Å². The topological polar surface area (TPSA) is 105 Å². The van der Waals surface area contributed by atoms with Crippen LogP contribution in [0.4, 0.5) is 5.82 Å². The summed E-state index contributed by atoms with van der Waals surface area (Å²) in [5.41, 5.74) is 0.818. The molecule has 174 valence electrons. The van der Waals surface area contributed by atoms with Gasteiger partial charge in [-0.05, 0) is 12.8 Å². The third-order valence-electron chi connectivity index (χ3n) is 5.30. The number of anilines is 1. The normalized spacial score (nSPS) is 16.2. The first-order valence-electron chi connectivity index (χ1n) is 10.8. The zero-order valence-electron chi connectivity index (χ0n) is 19.0. The van der Waals surface area contributed by atoms with Crippen LogP contribution in [0.3, 0.4) is 0 Å². The number of nitrogens with one attached hydrogen (secondary N) is 3. The molecule has 0 bridgehead atoms. The highest BCUT2D eigenvalue weighted by molar-refractivity contribution is 14.0. The van der Waals surface area contributed by atoms with Crippen molar-refractivity contribution in [1.29, 1.82) is 0 Å². The van der Waals surface area contributed by atoms with E-state index in [2.05, 4.69) is 56.7 Å². The van der Waals surface area contributed by atoms with Gasteiger partial charge < -0.3 is 20.7 Å². The molecule has 1 atom stereocenters. The van der Waals surface area contributed by atoms with E-state index in [9.17, 15) is 0 Å². The number of guanidine groups is 1. The largest absolute Gasteiger partial charge is 0.379 e. The minimum atomic E-state index is 0. The summed E-state index contributed by atoms with van der Waals surface area (Å²) in [6, 6.07) is 0.419. The summed E-state index contributed by atoms with van der Waals surface area (Å²) in [7, 11) is 1.88. The Labute approximate surface area is 201 Å². The van der Waals surface area contributed by atoms with Crippen LogP contribution in [0.15, 0.2) is 17.5 Å². The molecule has 0 saturated carbocycles. The number of aliphatic imine (C=N–C) groups is 1. The van der Waals surface area contributed by atoms with Gasteiger partial charge in [0.05, 0.1) is 31.3 Å². The Morgan fingerprint density at radius 1 is 1.19 bits per heavy atom. The third-order valence-corrected chi connectivity index (χ3v) is 5.30. The Bertz CT molecular complexity index is 820. The van der Waals surface area contributed by atoms with Crippen LogP contribution < -0.4 is 16.0 Å². The Morgan fingerprint density at radius 3 is 2.68 bits per heavy atom. The van der Waals surface area contributed by atoms with Gasteiger partial charge in [-0.25, -0.2) is 9.97 Å². The van der Waals surface area contributed by atoms with E-state index in [4.69, 9.17) is 9.73 Å². The van der Waals surface area contributed by atoms with Crippen molar-refractivity contribution in [1.82, 2.24) is 35.3 Å². The fraction of sp³-hybridized carbons (Fsp3) is 0.700. The van der Waals surface area contributed by atoms with Crippen LogP contribution in [0, 0.1) is 5.92 Å². The maximum Gasteiger partial charge on any atom is 0.191 e. The first-order chi connectivity index (χ1) is 14.6. The molecular weight excluding hydrogens is 509 g/mol. The van der Waals surface area contributed by atoms with Gasteiger partial charge in [-0.2, -0.15) is 5.10 Å². The van der Waals surface area contributed by atoms with Gasteiger partial charge in [-0.3, -0.25) is 14.6 Å². The van der Waals surface area contributed by atoms with Gasteiger partial charge in [0.15, 0.2) is 11.6 Å². The second-order valence-electron chi connectivity index (χ2n) is 7.76. The van der Waals surface area contributed by atoms with Crippen molar-refractivity contribution in [2.24, 2.45) is 18.0 Å². The van der Waals surface area contributed by atoms with E-state index < -0.39 is 0 Å². The lowest BCUT2D eigenvalue weighted by Gasteiger charge is -2.36. The SMILES string of the molecule is CCNC(=NCC(C(C)C)N1CCOCC1)NCCNc1ncnc2c1cnn2C.I. The molecule has 0 amide bonds. The number of aryl methyl sites for hydroxylation is 1. The summed E-state index contributed by atoms with van der Waals surface area (Å²) in [5, 5.41) is 15.3. The first kappa shape index (κ1) is 25.5. The average molecular weight is 545 g/mol. The number of morpholine rings is 1. The fourth-order valence-corrected chi connectivity index (χ4v) is 3.65. The Kier molecular flexibility index (Phi) is 10.7. The van der Waals surface area contributed by atoms with Crippen LogP contribution in [-0.2, 0) is 11.8 Å². The summed E-state index contributed by atoms with van der Waals surface area (Å²) in [6.07, 6.45) is 3.34. The molecule has 31 heavy (non-hydrogen) atoms. The minimum Gasteiger partial charge on any atom is -0.379 e.